The van der Waals surface area contributed by atoms with E-state index in [-0.39, 0.29) is 159 Å². The molecule has 0 radical (unpaired) electrons. The van der Waals surface area contributed by atoms with E-state index in [2.05, 4.69) is 22.8 Å². The van der Waals surface area contributed by atoms with Gasteiger partial charge in [-0.2, -0.15) is 19.1 Å². The SMILES string of the molecule is CC(C)(CCC#N)CN(CC(OP(=O)([O-])[O-])[C@H](Cc1ccccc1)NC(=O)OC1COC2OCCC12)S(=O)(=O)c1ccc2c(c1)OCO2.CC(C)(CCC#N)CN(CC(OP(C)(C)=O)C(Cc1ccccc1)NC(=O)OC1COC2OCCC12)S(=O)(=O)c1ccc2c(c1)OCO2.[Na+].[Na+]. The standard InChI is InChI=1S/C33H44N3O10PS.C31H40N3O12PS.2Na/c1-33(2,14-8-15-34)21-36(48(39,40)24-11-12-27-28(18-24)44-22-43-27)19-29(46-47(3,4)38)26(17-23-9-6-5-7-10-23)35-32(37)45-30-20-42-31-25(30)13-16-41-31;1-31(2,12-6-13-32)19-34(48(39,40)22-9-10-25-26(16-22)44-20-43-25)17-27(46-47(36,37)38)24(15-21-7-4-3-5-8-21)33-30(35)45-28-18-42-29-23(28)11-14-41-29;;/h5-7,9-12,18,25-26,29-31H,8,13-14,16-17,19-22H2,1-4H3,(H,35,37);3-5,7-10,16,23-24,27-29H,6,11-12,14-15,17-20H2,1-2H3,(H,33,35)(H2,36,37,38);;/q;;2*+1/p-2/t;23?,24-,27?,28?,29?;;/m.0../s1. The van der Waals surface area contributed by atoms with Crippen molar-refractivity contribution in [3.05, 3.63) is 108 Å². The van der Waals surface area contributed by atoms with Crippen LogP contribution in [0.2, 0.25) is 0 Å². The van der Waals surface area contributed by atoms with Crippen LogP contribution in [0, 0.1) is 45.3 Å². The quantitative estimate of drug-likeness (QED) is 0.0539. The zero-order valence-electron chi connectivity index (χ0n) is 56.2. The number of fused-ring (bicyclic) bond motifs is 4. The summed E-state index contributed by atoms with van der Waals surface area (Å²) in [5.74, 6) is 1.02. The third kappa shape index (κ3) is 22.8. The number of hydrogen-bond donors (Lipinski definition) is 2. The van der Waals surface area contributed by atoms with E-state index in [1.54, 1.807) is 44.2 Å². The van der Waals surface area contributed by atoms with Crippen LogP contribution in [0.3, 0.4) is 0 Å². The topological polar surface area (TPSA) is 372 Å². The number of sulfonamides is 2. The second-order valence-electron chi connectivity index (χ2n) is 26.1. The molecule has 2 amide bonds. The van der Waals surface area contributed by atoms with Crippen molar-refractivity contribution in [3.8, 4) is 35.1 Å². The first kappa shape index (κ1) is 80.9. The molecule has 0 saturated carbocycles. The Morgan fingerprint density at radius 3 is 1.37 bits per heavy atom. The molecule has 98 heavy (non-hydrogen) atoms. The third-order valence-electron chi connectivity index (χ3n) is 17.0. The summed E-state index contributed by atoms with van der Waals surface area (Å²) in [7, 11) is -17.7. The molecule has 6 heterocycles. The molecule has 28 nitrogen and oxygen atoms in total. The first-order valence-electron chi connectivity index (χ1n) is 31.4. The van der Waals surface area contributed by atoms with Crippen molar-refractivity contribution in [2.45, 2.75) is 138 Å². The van der Waals surface area contributed by atoms with Crippen LogP contribution in [-0.2, 0) is 79.5 Å². The predicted molar refractivity (Wildman–Crippen MR) is 339 cm³/mol. The molecule has 4 fully saturated rings. The smallest absolute Gasteiger partial charge is 0.790 e. The number of alkyl carbamates (subject to hydrolysis) is 2. The minimum absolute atomic E-state index is 0. The van der Waals surface area contributed by atoms with E-state index >= 15 is 0 Å². The predicted octanol–water partition coefficient (Wildman–Crippen LogP) is 0.815. The Morgan fingerprint density at radius 1 is 0.602 bits per heavy atom. The largest absolute Gasteiger partial charge is 1.00 e. The average Bonchev–Trinajstić information content (AvgIpc) is 0.818. The van der Waals surface area contributed by atoms with Gasteiger partial charge in [0.25, 0.3) is 0 Å². The summed E-state index contributed by atoms with van der Waals surface area (Å²) in [5, 5.41) is 24.1. The summed E-state index contributed by atoms with van der Waals surface area (Å²) in [6.07, 6.45) is -3.91. The zero-order valence-corrected chi connectivity index (χ0v) is 63.6. The van der Waals surface area contributed by atoms with Crippen molar-refractivity contribution in [1.29, 1.82) is 10.5 Å². The second-order valence-corrected chi connectivity index (χ2v) is 33.8. The van der Waals surface area contributed by atoms with Crippen LogP contribution in [0.1, 0.15) is 77.3 Å². The number of nitrogens with zero attached hydrogens (tertiary/aromatic N) is 4. The molecule has 9 unspecified atom stereocenters. The molecule has 10 atom stereocenters. The molecular formula is C64H82N6Na2O22P2S2. The number of nitrogens with one attached hydrogen (secondary N) is 2. The molecule has 0 aliphatic carbocycles. The normalized spacial score (nSPS) is 21.3. The Balaban J connectivity index is 0.000000270. The van der Waals surface area contributed by atoms with E-state index in [0.717, 1.165) is 9.87 Å². The van der Waals surface area contributed by atoms with E-state index in [1.165, 1.54) is 54.0 Å². The van der Waals surface area contributed by atoms with Crippen molar-refractivity contribution < 1.29 is 161 Å². The van der Waals surface area contributed by atoms with Crippen LogP contribution in [0.25, 0.3) is 0 Å². The fourth-order valence-corrected chi connectivity index (χ4v) is 16.9. The summed E-state index contributed by atoms with van der Waals surface area (Å²) in [6, 6.07) is 28.5. The van der Waals surface area contributed by atoms with Gasteiger partial charge in [-0.05, 0) is 84.7 Å². The molecule has 0 bridgehead atoms. The fourth-order valence-electron chi connectivity index (χ4n) is 12.2. The van der Waals surface area contributed by atoms with Crippen LogP contribution >= 0.6 is 15.2 Å². The first-order chi connectivity index (χ1) is 45.5. The summed E-state index contributed by atoms with van der Waals surface area (Å²) in [5.41, 5.74) is 0.0592. The Kier molecular flexibility index (Phi) is 29.4. The Labute approximate surface area is 616 Å². The Hall–Kier alpha value is -4.44. The van der Waals surface area contributed by atoms with Crippen molar-refractivity contribution in [1.82, 2.24) is 19.2 Å². The minimum atomic E-state index is -5.76. The van der Waals surface area contributed by atoms with Crippen molar-refractivity contribution >= 4 is 47.4 Å². The van der Waals surface area contributed by atoms with Gasteiger partial charge in [-0.25, -0.2) is 26.4 Å². The molecule has 10 rings (SSSR count). The molecule has 34 heteroatoms. The van der Waals surface area contributed by atoms with E-state index in [9.17, 15) is 55.9 Å². The molecule has 6 aliphatic rings. The van der Waals surface area contributed by atoms with Crippen LogP contribution in [0.4, 0.5) is 9.59 Å². The van der Waals surface area contributed by atoms with Gasteiger partial charge < -0.3 is 81.4 Å². The van der Waals surface area contributed by atoms with Gasteiger partial charge in [0.1, 0.15) is 12.2 Å². The maximum absolute atomic E-state index is 14.4. The van der Waals surface area contributed by atoms with Gasteiger partial charge in [-0.1, -0.05) is 88.4 Å². The summed E-state index contributed by atoms with van der Waals surface area (Å²) in [6.45, 7) is 10.2. The maximum atomic E-state index is 14.4. The first-order valence-corrected chi connectivity index (χ1v) is 38.3. The van der Waals surface area contributed by atoms with Gasteiger partial charge in [-0.3, -0.25) is 4.57 Å². The number of phosphoric acid groups is 1. The van der Waals surface area contributed by atoms with Crippen LogP contribution in [0.5, 0.6) is 23.0 Å². The molecule has 0 spiro atoms. The number of rotatable bonds is 30. The van der Waals surface area contributed by atoms with Gasteiger partial charge in [0.2, 0.25) is 33.6 Å². The monoisotopic (exact) mass is 1460 g/mol. The second kappa shape index (κ2) is 35.6. The number of nitriles is 2. The minimum Gasteiger partial charge on any atom is -0.790 e. The average molecular weight is 1460 g/mol. The number of carbonyl (C=O) groups excluding carboxylic acids is 2. The molecule has 6 aliphatic heterocycles. The van der Waals surface area contributed by atoms with Gasteiger partial charge >= 0.3 is 71.3 Å². The summed E-state index contributed by atoms with van der Waals surface area (Å²) in [4.78, 5) is 51.0. The number of amides is 2. The number of benzene rings is 4. The van der Waals surface area contributed by atoms with E-state index < -0.39 is 114 Å². The van der Waals surface area contributed by atoms with Crippen LogP contribution < -0.4 is 98.5 Å². The fraction of sp³-hybridized carbons (Fsp3) is 0.562. The van der Waals surface area contributed by atoms with E-state index in [0.29, 0.717) is 61.7 Å². The maximum Gasteiger partial charge on any atom is 1.00 e. The molecule has 4 aromatic rings. The van der Waals surface area contributed by atoms with Gasteiger partial charge in [0.15, 0.2) is 42.9 Å². The van der Waals surface area contributed by atoms with Crippen molar-refractivity contribution in [2.24, 2.45) is 22.7 Å². The van der Waals surface area contributed by atoms with Crippen molar-refractivity contribution in [2.75, 3.05) is 79.5 Å². The molecule has 0 aromatic heterocycles. The molecule has 4 saturated heterocycles. The molecule has 524 valence electrons. The summed E-state index contributed by atoms with van der Waals surface area (Å²) >= 11 is 0. The molecule has 4 aromatic carbocycles. The summed E-state index contributed by atoms with van der Waals surface area (Å²) < 4.78 is 152. The molecule has 2 N–H and O–H groups in total. The van der Waals surface area contributed by atoms with E-state index in [1.807, 2.05) is 44.2 Å². The van der Waals surface area contributed by atoms with Gasteiger partial charge in [-0.15, -0.1) is 0 Å². The Morgan fingerprint density at radius 2 is 0.990 bits per heavy atom. The van der Waals surface area contributed by atoms with Gasteiger partial charge in [0.05, 0.1) is 92.3 Å². The van der Waals surface area contributed by atoms with Crippen LogP contribution in [-0.4, -0.2) is 166 Å². The number of phosphoric ester groups is 1. The van der Waals surface area contributed by atoms with Crippen LogP contribution in [0.15, 0.2) is 107 Å². The number of ether oxygens (including phenoxy) is 10. The zero-order chi connectivity index (χ0) is 69.1. The number of hydrogen-bond acceptors (Lipinski definition) is 24. The Bertz CT molecular complexity index is 3510. The van der Waals surface area contributed by atoms with Gasteiger partial charge in [0, 0.05) is 64.5 Å². The van der Waals surface area contributed by atoms with E-state index in [4.69, 9.17) is 56.4 Å². The molecular weight excluding hydrogens is 1380 g/mol. The van der Waals surface area contributed by atoms with Crippen molar-refractivity contribution in [3.63, 3.8) is 0 Å². The number of carbonyl (C=O) groups is 2. The third-order valence-corrected chi connectivity index (χ3v) is 21.9.